The second-order valence-corrected chi connectivity index (χ2v) is 10.6. The Morgan fingerprint density at radius 2 is 1.65 bits per heavy atom. The van der Waals surface area contributed by atoms with Crippen molar-refractivity contribution in [3.8, 4) is 0 Å². The zero-order valence-electron chi connectivity index (χ0n) is 19.9. The van der Waals surface area contributed by atoms with Crippen LogP contribution in [0.3, 0.4) is 0 Å². The molecule has 2 aromatic carbocycles. The quantitative estimate of drug-likeness (QED) is 0.590. The summed E-state index contributed by atoms with van der Waals surface area (Å²) in [4.78, 5) is 26.2. The van der Waals surface area contributed by atoms with Crippen molar-refractivity contribution in [2.45, 2.75) is 37.4 Å². The number of benzene rings is 2. The largest absolute Gasteiger partial charge is 0.376 e. The summed E-state index contributed by atoms with van der Waals surface area (Å²) >= 11 is 0. The smallest absolute Gasteiger partial charge is 0.243 e. The number of hydrogen-bond acceptors (Lipinski definition) is 6. The number of nitrogens with zero attached hydrogens (tertiary/aromatic N) is 2. The van der Waals surface area contributed by atoms with E-state index in [0.29, 0.717) is 24.5 Å². The van der Waals surface area contributed by atoms with Crippen LogP contribution in [0.2, 0.25) is 0 Å². The number of morpholine rings is 1. The van der Waals surface area contributed by atoms with Crippen LogP contribution in [0.15, 0.2) is 53.4 Å². The van der Waals surface area contributed by atoms with E-state index >= 15 is 0 Å². The van der Waals surface area contributed by atoms with Crippen molar-refractivity contribution in [2.75, 3.05) is 44.4 Å². The molecule has 34 heavy (non-hydrogen) atoms. The minimum Gasteiger partial charge on any atom is -0.376 e. The molecule has 0 aromatic heterocycles. The zero-order valence-corrected chi connectivity index (χ0v) is 20.8. The maximum atomic E-state index is 13.0. The lowest BCUT2D eigenvalue weighted by Gasteiger charge is -2.34. The van der Waals surface area contributed by atoms with Crippen molar-refractivity contribution in [2.24, 2.45) is 0 Å². The van der Waals surface area contributed by atoms with Crippen molar-refractivity contribution in [1.82, 2.24) is 9.21 Å². The Hall–Kier alpha value is -2.95. The average molecular weight is 489 g/mol. The fraction of sp³-hybridized carbons (Fsp3) is 0.417. The molecule has 0 saturated carbocycles. The van der Waals surface area contributed by atoms with Crippen molar-refractivity contribution >= 4 is 33.2 Å². The van der Waals surface area contributed by atoms with Crippen LogP contribution in [0.1, 0.15) is 19.4 Å². The number of carbonyl (C=O) groups excluding carboxylic acids is 2. The summed E-state index contributed by atoms with van der Waals surface area (Å²) in [6.45, 7) is 4.31. The predicted molar refractivity (Wildman–Crippen MR) is 131 cm³/mol. The van der Waals surface area contributed by atoms with Crippen LogP contribution in [0.25, 0.3) is 0 Å². The van der Waals surface area contributed by atoms with Gasteiger partial charge in [-0.05, 0) is 49.7 Å². The third kappa shape index (κ3) is 6.55. The molecular formula is C24H32N4O5S. The lowest BCUT2D eigenvalue weighted by atomic mass is 10.1. The SMILES string of the molecule is CC1CN(S(=O)(=O)c2ccc(NC(=O)CNc3ccccc3CC(=O)N(C)C)cc2)CC(C)O1. The second kappa shape index (κ2) is 11.0. The van der Waals surface area contributed by atoms with Gasteiger partial charge in [0.2, 0.25) is 21.8 Å². The number of anilines is 2. The maximum Gasteiger partial charge on any atom is 0.243 e. The molecule has 2 atom stereocenters. The van der Waals surface area contributed by atoms with E-state index in [1.54, 1.807) is 26.2 Å². The number of nitrogens with one attached hydrogen (secondary N) is 2. The topological polar surface area (TPSA) is 108 Å². The minimum atomic E-state index is -3.64. The summed E-state index contributed by atoms with van der Waals surface area (Å²) in [7, 11) is -0.246. The molecule has 2 unspecified atom stereocenters. The van der Waals surface area contributed by atoms with Crippen LogP contribution in [0.5, 0.6) is 0 Å². The van der Waals surface area contributed by atoms with Gasteiger partial charge >= 0.3 is 0 Å². The van der Waals surface area contributed by atoms with Gasteiger partial charge in [-0.1, -0.05) is 18.2 Å². The Morgan fingerprint density at radius 3 is 2.26 bits per heavy atom. The Kier molecular flexibility index (Phi) is 8.29. The first-order chi connectivity index (χ1) is 16.1. The van der Waals surface area contributed by atoms with Gasteiger partial charge in [0.25, 0.3) is 0 Å². The molecule has 0 spiro atoms. The number of para-hydroxylation sites is 1. The van der Waals surface area contributed by atoms with Crippen molar-refractivity contribution in [3.63, 3.8) is 0 Å². The highest BCUT2D eigenvalue weighted by atomic mass is 32.2. The molecule has 1 aliphatic rings. The Bertz CT molecular complexity index is 1110. The molecular weight excluding hydrogens is 456 g/mol. The van der Waals surface area contributed by atoms with Gasteiger partial charge in [-0.3, -0.25) is 9.59 Å². The van der Waals surface area contributed by atoms with E-state index in [1.165, 1.54) is 21.3 Å². The van der Waals surface area contributed by atoms with E-state index in [1.807, 2.05) is 38.1 Å². The number of rotatable bonds is 8. The molecule has 2 aromatic rings. The van der Waals surface area contributed by atoms with Gasteiger partial charge in [0.05, 0.1) is 30.1 Å². The van der Waals surface area contributed by atoms with E-state index in [-0.39, 0.29) is 41.9 Å². The van der Waals surface area contributed by atoms with Crippen LogP contribution in [-0.2, 0) is 30.8 Å². The van der Waals surface area contributed by atoms with Crippen molar-refractivity contribution in [1.29, 1.82) is 0 Å². The van der Waals surface area contributed by atoms with Crippen LogP contribution in [-0.4, -0.2) is 75.4 Å². The van der Waals surface area contributed by atoms with E-state index in [2.05, 4.69) is 10.6 Å². The normalized spacial score (nSPS) is 18.8. The van der Waals surface area contributed by atoms with E-state index in [9.17, 15) is 18.0 Å². The summed E-state index contributed by atoms with van der Waals surface area (Å²) in [6, 6.07) is 13.5. The van der Waals surface area contributed by atoms with Gasteiger partial charge in [-0.2, -0.15) is 4.31 Å². The molecule has 10 heteroatoms. The Labute approximate surface area is 201 Å². The Balaban J connectivity index is 1.59. The molecule has 9 nitrogen and oxygen atoms in total. The van der Waals surface area contributed by atoms with Gasteiger partial charge in [-0.25, -0.2) is 8.42 Å². The summed E-state index contributed by atoms with van der Waals surface area (Å²) in [5.41, 5.74) is 2.00. The van der Waals surface area contributed by atoms with Crippen LogP contribution in [0, 0.1) is 0 Å². The highest BCUT2D eigenvalue weighted by Crippen LogP contribution is 2.22. The number of hydrogen-bond donors (Lipinski definition) is 2. The van der Waals surface area contributed by atoms with Gasteiger partial charge < -0.3 is 20.3 Å². The molecule has 184 valence electrons. The summed E-state index contributed by atoms with van der Waals surface area (Å²) in [6.07, 6.45) is -0.111. The third-order valence-electron chi connectivity index (χ3n) is 5.46. The van der Waals surface area contributed by atoms with E-state index < -0.39 is 10.0 Å². The molecule has 1 heterocycles. The fourth-order valence-electron chi connectivity index (χ4n) is 3.73. The third-order valence-corrected chi connectivity index (χ3v) is 7.31. The lowest BCUT2D eigenvalue weighted by molar-refractivity contribution is -0.127. The number of ether oxygens (including phenoxy) is 1. The maximum absolute atomic E-state index is 13.0. The predicted octanol–water partition coefficient (Wildman–Crippen LogP) is 2.17. The first kappa shape index (κ1) is 25.7. The van der Waals surface area contributed by atoms with Gasteiger partial charge in [-0.15, -0.1) is 0 Å². The van der Waals surface area contributed by atoms with Crippen LogP contribution < -0.4 is 10.6 Å². The molecule has 0 aliphatic carbocycles. The molecule has 1 saturated heterocycles. The first-order valence-corrected chi connectivity index (χ1v) is 12.6. The fourth-order valence-corrected chi connectivity index (χ4v) is 5.33. The highest BCUT2D eigenvalue weighted by Gasteiger charge is 2.32. The number of carbonyl (C=O) groups is 2. The van der Waals surface area contributed by atoms with Gasteiger partial charge in [0.15, 0.2) is 0 Å². The number of amides is 2. The molecule has 3 rings (SSSR count). The van der Waals surface area contributed by atoms with Gasteiger partial charge in [0.1, 0.15) is 0 Å². The van der Waals surface area contributed by atoms with E-state index in [4.69, 9.17) is 4.74 Å². The first-order valence-electron chi connectivity index (χ1n) is 11.1. The van der Waals surface area contributed by atoms with Crippen LogP contribution >= 0.6 is 0 Å². The summed E-state index contributed by atoms with van der Waals surface area (Å²) in [5, 5.41) is 5.83. The molecule has 1 fully saturated rings. The summed E-state index contributed by atoms with van der Waals surface area (Å²) < 4.78 is 33.0. The monoisotopic (exact) mass is 488 g/mol. The molecule has 0 bridgehead atoms. The number of likely N-dealkylation sites (N-methyl/N-ethyl adjacent to an activating group) is 1. The zero-order chi connectivity index (χ0) is 24.9. The highest BCUT2D eigenvalue weighted by molar-refractivity contribution is 7.89. The second-order valence-electron chi connectivity index (χ2n) is 8.63. The summed E-state index contributed by atoms with van der Waals surface area (Å²) in [5.74, 6) is -0.324. The van der Waals surface area contributed by atoms with Gasteiger partial charge in [0, 0.05) is 38.6 Å². The van der Waals surface area contributed by atoms with Crippen molar-refractivity contribution in [3.05, 3.63) is 54.1 Å². The molecule has 1 aliphatic heterocycles. The molecule has 2 N–H and O–H groups in total. The van der Waals surface area contributed by atoms with E-state index in [0.717, 1.165) is 5.56 Å². The standard InChI is InChI=1S/C24H32N4O5S/c1-17-15-28(16-18(2)33-17)34(31,32)21-11-9-20(10-12-21)26-23(29)14-25-22-8-6-5-7-19(22)13-24(30)27(3)4/h5-12,17-18,25H,13-16H2,1-4H3,(H,26,29). The van der Waals surface area contributed by atoms with Crippen molar-refractivity contribution < 1.29 is 22.7 Å². The molecule has 2 amide bonds. The Morgan fingerprint density at radius 1 is 1.03 bits per heavy atom. The lowest BCUT2D eigenvalue weighted by Crippen LogP contribution is -2.48. The molecule has 0 radical (unpaired) electrons. The minimum absolute atomic E-state index is 0.00320. The van der Waals surface area contributed by atoms with Crippen LogP contribution in [0.4, 0.5) is 11.4 Å². The number of sulfonamides is 1. The average Bonchev–Trinajstić information content (AvgIpc) is 2.78.